The molecule has 1 aliphatic carbocycles. The van der Waals surface area contributed by atoms with E-state index < -0.39 is 0 Å². The van der Waals surface area contributed by atoms with Gasteiger partial charge >= 0.3 is 0 Å². The standard InChI is InChI=1S/C30H32N4O4S/c1-36-29-16-22(4-7-28(29)38-17-23-18-39-19-31-23)21-3-5-24-26(15-21)32-25-6-2-20(14-27(25)33-30(24)35)8-9-34-10-12-37-13-11-34/h2,4,6-7,14-16,18-19,32H,3,5,8-13,17H2,1H3,(H,33,35). The zero-order valence-corrected chi connectivity index (χ0v) is 22.8. The van der Waals surface area contributed by atoms with Crippen LogP contribution in [0.25, 0.3) is 5.57 Å². The topological polar surface area (TPSA) is 85.0 Å². The molecule has 0 saturated carbocycles. The Hall–Kier alpha value is -3.66. The number of thiazole rings is 1. The third-order valence-electron chi connectivity index (χ3n) is 7.38. The van der Waals surface area contributed by atoms with Crippen molar-refractivity contribution in [2.75, 3.05) is 50.6 Å². The average molecular weight is 545 g/mol. The minimum atomic E-state index is -0.0414. The number of morpholine rings is 1. The molecule has 1 aromatic heterocycles. The molecular weight excluding hydrogens is 512 g/mol. The minimum Gasteiger partial charge on any atom is -0.493 e. The summed E-state index contributed by atoms with van der Waals surface area (Å²) >= 11 is 1.55. The van der Waals surface area contributed by atoms with Crippen LogP contribution in [-0.4, -0.2) is 55.7 Å². The number of fused-ring (bicyclic) bond motifs is 1. The van der Waals surface area contributed by atoms with Gasteiger partial charge in [0.2, 0.25) is 0 Å². The number of carbonyl (C=O) groups excluding carboxylic acids is 1. The van der Waals surface area contributed by atoms with E-state index in [1.54, 1.807) is 24.0 Å². The summed E-state index contributed by atoms with van der Waals surface area (Å²) in [5, 5.41) is 8.65. The number of ether oxygens (including phenoxy) is 3. The summed E-state index contributed by atoms with van der Waals surface area (Å²) in [6, 6.07) is 12.3. The van der Waals surface area contributed by atoms with Crippen LogP contribution >= 0.6 is 11.3 Å². The fraction of sp³-hybridized carbons (Fsp3) is 0.333. The number of methoxy groups -OCH3 is 1. The Morgan fingerprint density at radius 2 is 1.95 bits per heavy atom. The van der Waals surface area contributed by atoms with E-state index in [-0.39, 0.29) is 5.91 Å². The minimum absolute atomic E-state index is 0.0414. The number of nitrogens with zero attached hydrogens (tertiary/aromatic N) is 2. The summed E-state index contributed by atoms with van der Waals surface area (Å²) < 4.78 is 17.0. The van der Waals surface area contributed by atoms with Crippen LogP contribution in [0, 0.1) is 0 Å². The highest BCUT2D eigenvalue weighted by Gasteiger charge is 2.25. The molecule has 2 N–H and O–H groups in total. The van der Waals surface area contributed by atoms with Crippen molar-refractivity contribution in [3.05, 3.63) is 81.5 Å². The lowest BCUT2D eigenvalue weighted by Crippen LogP contribution is -2.37. The van der Waals surface area contributed by atoms with Crippen LogP contribution in [0.1, 0.15) is 29.7 Å². The van der Waals surface area contributed by atoms with Crippen molar-refractivity contribution < 1.29 is 19.0 Å². The summed E-state index contributed by atoms with van der Waals surface area (Å²) in [7, 11) is 1.65. The van der Waals surface area contributed by atoms with E-state index in [0.717, 1.165) is 85.2 Å². The molecule has 202 valence electrons. The summed E-state index contributed by atoms with van der Waals surface area (Å²) in [5.74, 6) is 1.31. The van der Waals surface area contributed by atoms with Gasteiger partial charge in [-0.05, 0) is 66.3 Å². The zero-order chi connectivity index (χ0) is 26.6. The monoisotopic (exact) mass is 544 g/mol. The Labute approximate surface area is 232 Å². The molecule has 3 heterocycles. The Balaban J connectivity index is 1.18. The van der Waals surface area contributed by atoms with E-state index in [4.69, 9.17) is 14.2 Å². The molecule has 0 atom stereocenters. The Morgan fingerprint density at radius 3 is 2.77 bits per heavy atom. The van der Waals surface area contributed by atoms with Crippen LogP contribution in [-0.2, 0) is 22.6 Å². The first kappa shape index (κ1) is 25.6. The van der Waals surface area contributed by atoms with Crippen molar-refractivity contribution >= 4 is 34.2 Å². The van der Waals surface area contributed by atoms with Crippen molar-refractivity contribution in [2.24, 2.45) is 0 Å². The summed E-state index contributed by atoms with van der Waals surface area (Å²) in [4.78, 5) is 19.9. The molecule has 3 aromatic rings. The van der Waals surface area contributed by atoms with E-state index >= 15 is 0 Å². The van der Waals surface area contributed by atoms with Crippen LogP contribution in [0.15, 0.2) is 64.6 Å². The average Bonchev–Trinajstić information content (AvgIpc) is 3.45. The van der Waals surface area contributed by atoms with Crippen LogP contribution in [0.5, 0.6) is 11.5 Å². The summed E-state index contributed by atoms with van der Waals surface area (Å²) in [6.07, 6.45) is 4.44. The van der Waals surface area contributed by atoms with Crippen molar-refractivity contribution in [1.29, 1.82) is 0 Å². The zero-order valence-electron chi connectivity index (χ0n) is 22.0. The van der Waals surface area contributed by atoms with Gasteiger partial charge in [-0.2, -0.15) is 0 Å². The van der Waals surface area contributed by atoms with E-state index in [2.05, 4.69) is 44.8 Å². The van der Waals surface area contributed by atoms with E-state index in [0.29, 0.717) is 24.5 Å². The second-order valence-corrected chi connectivity index (χ2v) is 10.6. The molecule has 1 amide bonds. The number of nitrogens with one attached hydrogen (secondary N) is 2. The SMILES string of the molecule is COc1cc(C2=CC3=C(CC2)C(=O)Nc2cc(CCN4CCOCC4)ccc2N3)ccc1OCc1cscn1. The van der Waals surface area contributed by atoms with Gasteiger partial charge in [-0.1, -0.05) is 12.1 Å². The molecule has 1 fully saturated rings. The predicted molar refractivity (Wildman–Crippen MR) is 153 cm³/mol. The van der Waals surface area contributed by atoms with Crippen molar-refractivity contribution in [1.82, 2.24) is 9.88 Å². The van der Waals surface area contributed by atoms with Gasteiger partial charge in [-0.25, -0.2) is 4.98 Å². The highest BCUT2D eigenvalue weighted by molar-refractivity contribution is 7.07. The molecular formula is C30H32N4O4S. The maximum Gasteiger partial charge on any atom is 0.253 e. The van der Waals surface area contributed by atoms with Crippen LogP contribution < -0.4 is 20.1 Å². The molecule has 39 heavy (non-hydrogen) atoms. The number of allylic oxidation sites excluding steroid dienone is 2. The van der Waals surface area contributed by atoms with Gasteiger partial charge in [-0.3, -0.25) is 9.69 Å². The molecule has 2 aromatic carbocycles. The van der Waals surface area contributed by atoms with Crippen molar-refractivity contribution in [3.8, 4) is 11.5 Å². The van der Waals surface area contributed by atoms with E-state index in [1.807, 2.05) is 23.6 Å². The number of hydrogen-bond acceptors (Lipinski definition) is 8. The number of rotatable bonds is 8. The lowest BCUT2D eigenvalue weighted by molar-refractivity contribution is -0.113. The quantitative estimate of drug-likeness (QED) is 0.408. The van der Waals surface area contributed by atoms with Crippen LogP contribution in [0.4, 0.5) is 11.4 Å². The number of benzene rings is 2. The number of amides is 1. The fourth-order valence-corrected chi connectivity index (χ4v) is 5.71. The largest absolute Gasteiger partial charge is 0.493 e. The third kappa shape index (κ3) is 5.85. The molecule has 1 saturated heterocycles. The Bertz CT molecular complexity index is 1410. The van der Waals surface area contributed by atoms with Crippen molar-refractivity contribution in [2.45, 2.75) is 25.9 Å². The van der Waals surface area contributed by atoms with Crippen molar-refractivity contribution in [3.63, 3.8) is 0 Å². The van der Waals surface area contributed by atoms with Gasteiger partial charge in [0.1, 0.15) is 6.61 Å². The predicted octanol–water partition coefficient (Wildman–Crippen LogP) is 5.10. The molecule has 8 nitrogen and oxygen atoms in total. The highest BCUT2D eigenvalue weighted by Crippen LogP contribution is 2.38. The molecule has 0 radical (unpaired) electrons. The Morgan fingerprint density at radius 1 is 1.05 bits per heavy atom. The number of carbonyl (C=O) groups is 1. The molecule has 0 unspecified atom stereocenters. The first-order valence-electron chi connectivity index (χ1n) is 13.3. The highest BCUT2D eigenvalue weighted by atomic mass is 32.1. The number of hydrogen-bond donors (Lipinski definition) is 2. The molecule has 2 aliphatic heterocycles. The van der Waals surface area contributed by atoms with Crippen LogP contribution in [0.2, 0.25) is 0 Å². The first-order chi connectivity index (χ1) is 19.2. The van der Waals surface area contributed by atoms with Gasteiger partial charge in [0, 0.05) is 36.3 Å². The Kier molecular flexibility index (Phi) is 7.62. The first-order valence-corrected chi connectivity index (χ1v) is 14.2. The lowest BCUT2D eigenvalue weighted by Gasteiger charge is -2.26. The maximum absolute atomic E-state index is 13.2. The molecule has 0 spiro atoms. The second kappa shape index (κ2) is 11.6. The smallest absolute Gasteiger partial charge is 0.253 e. The van der Waals surface area contributed by atoms with E-state index in [1.165, 1.54) is 5.56 Å². The maximum atomic E-state index is 13.2. The molecule has 3 aliphatic rings. The summed E-state index contributed by atoms with van der Waals surface area (Å²) in [5.41, 5.74) is 9.44. The van der Waals surface area contributed by atoms with Gasteiger partial charge in [-0.15, -0.1) is 11.3 Å². The van der Waals surface area contributed by atoms with Gasteiger partial charge < -0.3 is 24.8 Å². The number of aromatic nitrogens is 1. The third-order valence-corrected chi connectivity index (χ3v) is 8.01. The second-order valence-electron chi connectivity index (χ2n) is 9.86. The van der Waals surface area contributed by atoms with E-state index in [9.17, 15) is 4.79 Å². The lowest BCUT2D eigenvalue weighted by atomic mass is 9.91. The number of anilines is 2. The van der Waals surface area contributed by atoms with Crippen LogP contribution in [0.3, 0.4) is 0 Å². The van der Waals surface area contributed by atoms with Gasteiger partial charge in [0.15, 0.2) is 11.5 Å². The molecule has 0 bridgehead atoms. The summed E-state index contributed by atoms with van der Waals surface area (Å²) in [6.45, 7) is 4.93. The van der Waals surface area contributed by atoms with Gasteiger partial charge in [0.05, 0.1) is 42.9 Å². The molecule has 9 heteroatoms. The van der Waals surface area contributed by atoms with Gasteiger partial charge in [0.25, 0.3) is 5.91 Å². The normalized spacial score (nSPS) is 17.4. The fourth-order valence-electron chi connectivity index (χ4n) is 5.16. The molecule has 6 rings (SSSR count).